The van der Waals surface area contributed by atoms with E-state index in [1.54, 1.807) is 0 Å². The number of rotatable bonds is 7. The Bertz CT molecular complexity index is 3600. The summed E-state index contributed by atoms with van der Waals surface area (Å²) in [6, 6.07) is 82.7. The molecular formula is C63H44N2O2. The Labute approximate surface area is 390 Å². The Morgan fingerprint density at radius 1 is 0.343 bits per heavy atom. The molecule has 0 fully saturated rings. The van der Waals surface area contributed by atoms with Gasteiger partial charge in [-0.3, -0.25) is 0 Å². The van der Waals surface area contributed by atoms with E-state index in [1.807, 2.05) is 24.3 Å². The van der Waals surface area contributed by atoms with Crippen LogP contribution in [0.3, 0.4) is 0 Å². The van der Waals surface area contributed by atoms with Crippen LogP contribution in [0.2, 0.25) is 0 Å². The van der Waals surface area contributed by atoms with Crippen LogP contribution < -0.4 is 14.4 Å². The molecule has 1 aliphatic carbocycles. The topological polar surface area (TPSA) is 26.6 Å². The summed E-state index contributed by atoms with van der Waals surface area (Å²) in [5.41, 5.74) is 18.7. The quantitative estimate of drug-likeness (QED) is 0.160. The highest BCUT2D eigenvalue weighted by atomic mass is 16.6. The highest BCUT2D eigenvalue weighted by Gasteiger charge is 2.36. The van der Waals surface area contributed by atoms with Gasteiger partial charge in [-0.2, -0.15) is 0 Å². The van der Waals surface area contributed by atoms with Crippen molar-refractivity contribution in [1.82, 2.24) is 4.57 Å². The molecule has 1 aliphatic heterocycles. The first kappa shape index (κ1) is 38.8. The van der Waals surface area contributed by atoms with Crippen LogP contribution in [-0.2, 0) is 5.41 Å². The second-order valence-electron chi connectivity index (χ2n) is 18.1. The van der Waals surface area contributed by atoms with E-state index in [1.165, 1.54) is 50.1 Å². The average molecular weight is 861 g/mol. The molecule has 1 aromatic heterocycles. The molecule has 0 amide bonds. The molecule has 4 heteroatoms. The lowest BCUT2D eigenvalue weighted by Crippen LogP contribution is -2.16. The summed E-state index contributed by atoms with van der Waals surface area (Å²) in [6.07, 6.45) is 0. The molecule has 11 aromatic rings. The fraction of sp³-hybridized carbons (Fsp3) is 0.0476. The van der Waals surface area contributed by atoms with Crippen molar-refractivity contribution in [2.24, 2.45) is 0 Å². The predicted octanol–water partition coefficient (Wildman–Crippen LogP) is 17.5. The van der Waals surface area contributed by atoms with Gasteiger partial charge in [-0.05, 0) is 134 Å². The van der Waals surface area contributed by atoms with Gasteiger partial charge < -0.3 is 18.9 Å². The highest BCUT2D eigenvalue weighted by molar-refractivity contribution is 6.11. The molecule has 0 N–H and O–H groups in total. The number of nitrogens with zero attached hydrogens (tertiary/aromatic N) is 2. The summed E-state index contributed by atoms with van der Waals surface area (Å²) in [6.45, 7) is 4.75. The summed E-state index contributed by atoms with van der Waals surface area (Å²) >= 11 is 0. The summed E-state index contributed by atoms with van der Waals surface area (Å²) in [5.74, 6) is 2.87. The van der Waals surface area contributed by atoms with E-state index in [2.05, 4.69) is 230 Å². The summed E-state index contributed by atoms with van der Waals surface area (Å²) in [5, 5.41) is 2.27. The van der Waals surface area contributed by atoms with Gasteiger partial charge in [0.1, 0.15) is 0 Å². The number of hydrogen-bond acceptors (Lipinski definition) is 3. The second kappa shape index (κ2) is 15.3. The van der Waals surface area contributed by atoms with Crippen molar-refractivity contribution >= 4 is 38.9 Å². The van der Waals surface area contributed by atoms with Gasteiger partial charge in [0.25, 0.3) is 0 Å². The average Bonchev–Trinajstić information content (AvgIpc) is 3.82. The largest absolute Gasteiger partial charge is 0.449 e. The molecule has 318 valence electrons. The molecule has 0 bridgehead atoms. The van der Waals surface area contributed by atoms with Gasteiger partial charge in [-0.15, -0.1) is 0 Å². The van der Waals surface area contributed by atoms with Crippen molar-refractivity contribution in [2.45, 2.75) is 19.3 Å². The zero-order chi connectivity index (χ0) is 44.6. The minimum absolute atomic E-state index is 0.254. The Hall–Kier alpha value is -8.60. The van der Waals surface area contributed by atoms with E-state index in [0.717, 1.165) is 67.4 Å². The predicted molar refractivity (Wildman–Crippen MR) is 276 cm³/mol. The van der Waals surface area contributed by atoms with Crippen LogP contribution in [-0.4, -0.2) is 4.57 Å². The maximum Gasteiger partial charge on any atom is 0.172 e. The molecule has 0 saturated carbocycles. The molecule has 0 unspecified atom stereocenters. The van der Waals surface area contributed by atoms with Crippen molar-refractivity contribution in [2.75, 3.05) is 4.90 Å². The molecule has 67 heavy (non-hydrogen) atoms. The van der Waals surface area contributed by atoms with E-state index < -0.39 is 0 Å². The first-order valence-corrected chi connectivity index (χ1v) is 23.0. The first-order valence-electron chi connectivity index (χ1n) is 23.0. The highest BCUT2D eigenvalue weighted by Crippen LogP contribution is 2.53. The number of fused-ring (bicyclic) bond motifs is 8. The third-order valence-corrected chi connectivity index (χ3v) is 13.9. The number of anilines is 3. The van der Waals surface area contributed by atoms with Crippen LogP contribution >= 0.6 is 0 Å². The van der Waals surface area contributed by atoms with Crippen LogP contribution in [0.4, 0.5) is 17.1 Å². The van der Waals surface area contributed by atoms with Gasteiger partial charge in [-0.25, -0.2) is 0 Å². The van der Waals surface area contributed by atoms with Crippen LogP contribution in [0, 0.1) is 0 Å². The molecule has 0 spiro atoms. The molecule has 2 heterocycles. The van der Waals surface area contributed by atoms with Gasteiger partial charge in [0, 0.05) is 45.0 Å². The van der Waals surface area contributed by atoms with E-state index in [4.69, 9.17) is 9.47 Å². The van der Waals surface area contributed by atoms with Crippen LogP contribution in [0.1, 0.15) is 25.0 Å². The van der Waals surface area contributed by atoms with Gasteiger partial charge in [0.05, 0.1) is 11.0 Å². The van der Waals surface area contributed by atoms with E-state index in [0.29, 0.717) is 5.75 Å². The molecule has 0 saturated heterocycles. The summed E-state index contributed by atoms with van der Waals surface area (Å²) in [7, 11) is 0. The van der Waals surface area contributed by atoms with Crippen LogP contribution in [0.25, 0.3) is 72.0 Å². The molecule has 0 atom stereocenters. The van der Waals surface area contributed by atoms with Crippen LogP contribution in [0.5, 0.6) is 23.0 Å². The van der Waals surface area contributed by atoms with Crippen molar-refractivity contribution < 1.29 is 9.47 Å². The van der Waals surface area contributed by atoms with Gasteiger partial charge in [0.2, 0.25) is 0 Å². The van der Waals surface area contributed by atoms with E-state index in [-0.39, 0.29) is 5.41 Å². The standard InChI is InChI=1S/C63H44N2O2/c1-63(2)55-36-45(46-27-34-53-54-39-61-62(67-60-21-13-12-20-59(60)66-61)40-58(54)65(57(53)37-46)47-18-10-5-11-19-47)26-33-51(55)52-35-32-50(38-56(52)63)64(48-28-22-43(23-29-48)41-14-6-3-7-15-41)49-30-24-44(25-31-49)42-16-8-4-9-17-42/h3-40H,1-2H3. The van der Waals surface area contributed by atoms with Crippen molar-refractivity contribution in [3.05, 3.63) is 242 Å². The lowest BCUT2D eigenvalue weighted by molar-refractivity contribution is 0.360. The molecule has 4 nitrogen and oxygen atoms in total. The monoisotopic (exact) mass is 860 g/mol. The normalized spacial score (nSPS) is 13.0. The summed E-state index contributed by atoms with van der Waals surface area (Å²) in [4.78, 5) is 2.39. The molecule has 10 aromatic carbocycles. The van der Waals surface area contributed by atoms with Gasteiger partial charge in [0.15, 0.2) is 23.0 Å². The third kappa shape index (κ3) is 6.44. The Kier molecular flexibility index (Phi) is 8.84. The van der Waals surface area contributed by atoms with Gasteiger partial charge >= 0.3 is 0 Å². The minimum Gasteiger partial charge on any atom is -0.449 e. The van der Waals surface area contributed by atoms with E-state index in [9.17, 15) is 0 Å². The number of para-hydroxylation sites is 3. The zero-order valence-electron chi connectivity index (χ0n) is 37.2. The summed E-state index contributed by atoms with van der Waals surface area (Å²) < 4.78 is 15.2. The fourth-order valence-electron chi connectivity index (χ4n) is 10.4. The second-order valence-corrected chi connectivity index (χ2v) is 18.1. The fourth-order valence-corrected chi connectivity index (χ4v) is 10.4. The number of hydrogen-bond donors (Lipinski definition) is 0. The van der Waals surface area contributed by atoms with Crippen molar-refractivity contribution in [3.8, 4) is 73.2 Å². The number of aromatic nitrogens is 1. The Morgan fingerprint density at radius 2 is 0.791 bits per heavy atom. The lowest BCUT2D eigenvalue weighted by atomic mass is 9.81. The number of benzene rings is 10. The maximum atomic E-state index is 6.42. The molecule has 0 radical (unpaired) electrons. The zero-order valence-corrected chi connectivity index (χ0v) is 37.2. The Balaban J connectivity index is 0.890. The third-order valence-electron chi connectivity index (χ3n) is 13.9. The lowest BCUT2D eigenvalue weighted by Gasteiger charge is -2.28. The van der Waals surface area contributed by atoms with Crippen molar-refractivity contribution in [3.63, 3.8) is 0 Å². The SMILES string of the molecule is CC1(C)c2cc(-c3ccc4c5cc6c(cc5n(-c5ccccc5)c4c3)Oc3ccccc3O6)ccc2-c2ccc(N(c3ccc(-c4ccccc4)cc3)c3ccc(-c4ccccc4)cc3)cc21. The molecule has 13 rings (SSSR count). The van der Waals surface area contributed by atoms with Gasteiger partial charge in [-0.1, -0.05) is 159 Å². The minimum atomic E-state index is -0.254. The molecule has 2 aliphatic rings. The van der Waals surface area contributed by atoms with E-state index >= 15 is 0 Å². The van der Waals surface area contributed by atoms with Crippen LogP contribution in [0.15, 0.2) is 231 Å². The number of ether oxygens (including phenoxy) is 2. The maximum absolute atomic E-state index is 6.42. The smallest absolute Gasteiger partial charge is 0.172 e. The Morgan fingerprint density at radius 3 is 1.40 bits per heavy atom. The molecular weight excluding hydrogens is 817 g/mol. The van der Waals surface area contributed by atoms with Crippen molar-refractivity contribution in [1.29, 1.82) is 0 Å². The first-order chi connectivity index (χ1) is 32.9.